The highest BCUT2D eigenvalue weighted by Gasteiger charge is 2.13. The summed E-state index contributed by atoms with van der Waals surface area (Å²) in [4.78, 5) is 6.73. The summed E-state index contributed by atoms with van der Waals surface area (Å²) >= 11 is 0. The first-order valence-corrected chi connectivity index (χ1v) is 6.73. The van der Waals surface area contributed by atoms with Gasteiger partial charge in [-0.2, -0.15) is 0 Å². The Morgan fingerprint density at radius 3 is 2.50 bits per heavy atom. The van der Waals surface area contributed by atoms with Crippen LogP contribution >= 0.6 is 0 Å². The Kier molecular flexibility index (Phi) is 3.05. The van der Waals surface area contributed by atoms with Gasteiger partial charge in [-0.25, -0.2) is 0 Å². The molecular weight excluding hydrogens is 222 g/mol. The van der Waals surface area contributed by atoms with Crippen molar-refractivity contribution in [3.63, 3.8) is 0 Å². The molecule has 3 rings (SSSR count). The van der Waals surface area contributed by atoms with E-state index in [9.17, 15) is 0 Å². The summed E-state index contributed by atoms with van der Waals surface area (Å²) in [5.74, 6) is 0. The number of rotatable bonds is 1. The number of benzene rings is 1. The number of hydrogen-bond donors (Lipinski definition) is 1. The van der Waals surface area contributed by atoms with Gasteiger partial charge in [-0.05, 0) is 31.0 Å². The lowest BCUT2D eigenvalue weighted by atomic mass is 10.1. The van der Waals surface area contributed by atoms with Crippen molar-refractivity contribution in [2.45, 2.75) is 25.7 Å². The molecule has 0 bridgehead atoms. The summed E-state index contributed by atoms with van der Waals surface area (Å²) in [5, 5.41) is 2.30. The van der Waals surface area contributed by atoms with E-state index in [1.807, 2.05) is 24.5 Å². The second kappa shape index (κ2) is 4.84. The van der Waals surface area contributed by atoms with Gasteiger partial charge in [-0.3, -0.25) is 4.98 Å². The van der Waals surface area contributed by atoms with Gasteiger partial charge in [0.2, 0.25) is 0 Å². The van der Waals surface area contributed by atoms with E-state index < -0.39 is 0 Å². The molecule has 0 spiro atoms. The second-order valence-electron chi connectivity index (χ2n) is 5.00. The first kappa shape index (κ1) is 11.3. The average Bonchev–Trinajstić information content (AvgIpc) is 2.68. The Morgan fingerprint density at radius 2 is 1.72 bits per heavy atom. The van der Waals surface area contributed by atoms with E-state index in [0.29, 0.717) is 0 Å². The SMILES string of the molecule is Nc1ccc(N2CCCCCC2)c2cnccc12. The van der Waals surface area contributed by atoms with E-state index >= 15 is 0 Å². The quantitative estimate of drug-likeness (QED) is 0.780. The maximum absolute atomic E-state index is 6.04. The third-order valence-corrected chi connectivity index (χ3v) is 3.78. The Hall–Kier alpha value is -1.77. The summed E-state index contributed by atoms with van der Waals surface area (Å²) < 4.78 is 0. The molecule has 0 amide bonds. The first-order chi connectivity index (χ1) is 8.86. The van der Waals surface area contributed by atoms with Gasteiger partial charge in [-0.1, -0.05) is 12.8 Å². The highest BCUT2D eigenvalue weighted by molar-refractivity contribution is 6.00. The zero-order chi connectivity index (χ0) is 12.4. The van der Waals surface area contributed by atoms with Crippen LogP contribution in [0.15, 0.2) is 30.6 Å². The highest BCUT2D eigenvalue weighted by Crippen LogP contribution is 2.31. The molecule has 3 heteroatoms. The molecule has 0 radical (unpaired) electrons. The molecule has 0 saturated carbocycles. The van der Waals surface area contributed by atoms with E-state index in [4.69, 9.17) is 5.73 Å². The van der Waals surface area contributed by atoms with Crippen LogP contribution in [0.4, 0.5) is 11.4 Å². The fraction of sp³-hybridized carbons (Fsp3) is 0.400. The Labute approximate surface area is 108 Å². The minimum Gasteiger partial charge on any atom is -0.398 e. The van der Waals surface area contributed by atoms with Gasteiger partial charge in [0.1, 0.15) is 0 Å². The third kappa shape index (κ3) is 2.01. The summed E-state index contributed by atoms with van der Waals surface area (Å²) in [6.07, 6.45) is 9.01. The van der Waals surface area contributed by atoms with E-state index in [2.05, 4.69) is 16.0 Å². The Bertz CT molecular complexity index is 542. The van der Waals surface area contributed by atoms with Crippen LogP contribution in [0, 0.1) is 0 Å². The van der Waals surface area contributed by atoms with Gasteiger partial charge in [-0.15, -0.1) is 0 Å². The first-order valence-electron chi connectivity index (χ1n) is 6.73. The van der Waals surface area contributed by atoms with E-state index in [1.165, 1.54) is 36.8 Å². The van der Waals surface area contributed by atoms with Crippen LogP contribution in [-0.4, -0.2) is 18.1 Å². The van der Waals surface area contributed by atoms with Gasteiger partial charge in [0, 0.05) is 47.6 Å². The number of pyridine rings is 1. The van der Waals surface area contributed by atoms with Crippen molar-refractivity contribution in [2.24, 2.45) is 0 Å². The zero-order valence-electron chi connectivity index (χ0n) is 10.6. The number of anilines is 2. The summed E-state index contributed by atoms with van der Waals surface area (Å²) in [6.45, 7) is 2.29. The van der Waals surface area contributed by atoms with E-state index in [-0.39, 0.29) is 0 Å². The number of hydrogen-bond acceptors (Lipinski definition) is 3. The molecular formula is C15H19N3. The normalized spacial score (nSPS) is 16.8. The molecule has 1 fully saturated rings. The highest BCUT2D eigenvalue weighted by atomic mass is 15.1. The monoisotopic (exact) mass is 241 g/mol. The number of nitrogens with two attached hydrogens (primary N) is 1. The van der Waals surface area contributed by atoms with Crippen LogP contribution in [0.2, 0.25) is 0 Å². The minimum atomic E-state index is 0.839. The fourth-order valence-corrected chi connectivity index (χ4v) is 2.79. The number of aromatic nitrogens is 1. The molecule has 18 heavy (non-hydrogen) atoms. The summed E-state index contributed by atoms with van der Waals surface area (Å²) in [5.41, 5.74) is 8.16. The number of fused-ring (bicyclic) bond motifs is 1. The van der Waals surface area contributed by atoms with Gasteiger partial charge in [0.25, 0.3) is 0 Å². The van der Waals surface area contributed by atoms with Crippen molar-refractivity contribution in [3.05, 3.63) is 30.6 Å². The average molecular weight is 241 g/mol. The number of nitrogens with zero attached hydrogens (tertiary/aromatic N) is 2. The van der Waals surface area contributed by atoms with E-state index in [0.717, 1.165) is 24.2 Å². The largest absolute Gasteiger partial charge is 0.398 e. The molecule has 0 aliphatic carbocycles. The predicted molar refractivity (Wildman–Crippen MR) is 76.8 cm³/mol. The lowest BCUT2D eigenvalue weighted by Crippen LogP contribution is -2.24. The van der Waals surface area contributed by atoms with Crippen molar-refractivity contribution < 1.29 is 0 Å². The summed E-state index contributed by atoms with van der Waals surface area (Å²) in [7, 11) is 0. The van der Waals surface area contributed by atoms with Crippen molar-refractivity contribution in [1.29, 1.82) is 0 Å². The van der Waals surface area contributed by atoms with Crippen molar-refractivity contribution in [2.75, 3.05) is 23.7 Å². The van der Waals surface area contributed by atoms with Crippen LogP contribution in [0.25, 0.3) is 10.8 Å². The zero-order valence-corrected chi connectivity index (χ0v) is 10.6. The molecule has 0 unspecified atom stereocenters. The van der Waals surface area contributed by atoms with Crippen LogP contribution < -0.4 is 10.6 Å². The summed E-state index contributed by atoms with van der Waals surface area (Å²) in [6, 6.07) is 6.17. The van der Waals surface area contributed by atoms with Crippen molar-refractivity contribution >= 4 is 22.1 Å². The van der Waals surface area contributed by atoms with Crippen LogP contribution in [0.3, 0.4) is 0 Å². The maximum Gasteiger partial charge on any atom is 0.0463 e. The van der Waals surface area contributed by atoms with Crippen molar-refractivity contribution in [1.82, 2.24) is 4.98 Å². The molecule has 1 saturated heterocycles. The van der Waals surface area contributed by atoms with Crippen LogP contribution in [0.5, 0.6) is 0 Å². The van der Waals surface area contributed by atoms with Gasteiger partial charge >= 0.3 is 0 Å². The van der Waals surface area contributed by atoms with Crippen LogP contribution in [0.1, 0.15) is 25.7 Å². The molecule has 3 nitrogen and oxygen atoms in total. The molecule has 1 aliphatic heterocycles. The topological polar surface area (TPSA) is 42.1 Å². The van der Waals surface area contributed by atoms with E-state index in [1.54, 1.807) is 0 Å². The predicted octanol–water partition coefficient (Wildman–Crippen LogP) is 3.20. The standard InChI is InChI=1S/C15H19N3/c16-14-5-6-15(13-11-17-8-7-12(13)14)18-9-3-1-2-4-10-18/h5-8,11H,1-4,9-10,16H2. The lowest BCUT2D eigenvalue weighted by molar-refractivity contribution is 0.726. The molecule has 1 aliphatic rings. The molecule has 2 aromatic rings. The smallest absolute Gasteiger partial charge is 0.0463 e. The second-order valence-corrected chi connectivity index (χ2v) is 5.00. The number of nitrogen functional groups attached to an aromatic ring is 1. The minimum absolute atomic E-state index is 0.839. The van der Waals surface area contributed by atoms with Gasteiger partial charge in [0.05, 0.1) is 0 Å². The molecule has 94 valence electrons. The van der Waals surface area contributed by atoms with Crippen LogP contribution in [-0.2, 0) is 0 Å². The molecule has 2 heterocycles. The third-order valence-electron chi connectivity index (χ3n) is 3.78. The van der Waals surface area contributed by atoms with Crippen molar-refractivity contribution in [3.8, 4) is 0 Å². The molecule has 1 aromatic heterocycles. The Balaban J connectivity index is 2.08. The molecule has 1 aromatic carbocycles. The maximum atomic E-state index is 6.04. The molecule has 2 N–H and O–H groups in total. The lowest BCUT2D eigenvalue weighted by Gasteiger charge is -2.24. The van der Waals surface area contributed by atoms with Gasteiger partial charge in [0.15, 0.2) is 0 Å². The Morgan fingerprint density at radius 1 is 0.944 bits per heavy atom. The fourth-order valence-electron chi connectivity index (χ4n) is 2.79. The van der Waals surface area contributed by atoms with Gasteiger partial charge < -0.3 is 10.6 Å². The molecule has 0 atom stereocenters.